The molecule has 2 heteroatoms. The van der Waals surface area contributed by atoms with Gasteiger partial charge < -0.3 is 0 Å². The average molecular weight is 449 g/mol. The molecule has 0 fully saturated rings. The third-order valence-electron chi connectivity index (χ3n) is 7.72. The van der Waals surface area contributed by atoms with Gasteiger partial charge in [0.25, 0.3) is 0 Å². The van der Waals surface area contributed by atoms with Crippen molar-refractivity contribution in [3.05, 3.63) is 112 Å². The Bertz CT molecular complexity index is 1190. The van der Waals surface area contributed by atoms with Crippen LogP contribution in [0.5, 0.6) is 0 Å². The Morgan fingerprint density at radius 3 is 2.09 bits per heavy atom. The van der Waals surface area contributed by atoms with Crippen LogP contribution in [-0.2, 0) is 0 Å². The fraction of sp³-hybridized carbons (Fsp3) is 0.344. The summed E-state index contributed by atoms with van der Waals surface area (Å²) in [7, 11) is 0. The molecule has 1 aliphatic heterocycles. The van der Waals surface area contributed by atoms with E-state index in [1.54, 1.807) is 0 Å². The number of fused-ring (bicyclic) bond motifs is 1. The molecule has 3 aromatic rings. The molecule has 4 atom stereocenters. The fourth-order valence-electron chi connectivity index (χ4n) is 6.01. The van der Waals surface area contributed by atoms with Crippen LogP contribution in [0.25, 0.3) is 5.57 Å². The Balaban J connectivity index is 1.78. The smallest absolute Gasteiger partial charge is 0.122 e. The van der Waals surface area contributed by atoms with Crippen molar-refractivity contribution in [2.75, 3.05) is 6.54 Å². The highest BCUT2D eigenvalue weighted by Gasteiger charge is 2.41. The number of rotatable bonds is 6. The van der Waals surface area contributed by atoms with Crippen molar-refractivity contribution in [2.24, 2.45) is 4.99 Å². The maximum absolute atomic E-state index is 5.03. The van der Waals surface area contributed by atoms with Gasteiger partial charge in [-0.3, -0.25) is 10.3 Å². The number of nitrogens with one attached hydrogen (secondary N) is 1. The molecule has 0 aromatic heterocycles. The second-order valence-corrected chi connectivity index (χ2v) is 10.1. The minimum atomic E-state index is 0.0264. The summed E-state index contributed by atoms with van der Waals surface area (Å²) >= 11 is 0. The molecule has 1 aliphatic carbocycles. The summed E-state index contributed by atoms with van der Waals surface area (Å²) in [5.74, 6) is 1.41. The average Bonchev–Trinajstić information content (AvgIpc) is 3.24. The van der Waals surface area contributed by atoms with E-state index in [-0.39, 0.29) is 6.17 Å². The predicted octanol–water partition coefficient (Wildman–Crippen LogP) is 7.66. The highest BCUT2D eigenvalue weighted by atomic mass is 15.1. The van der Waals surface area contributed by atoms with Gasteiger partial charge in [-0.15, -0.1) is 0 Å². The Morgan fingerprint density at radius 2 is 1.47 bits per heavy atom. The molecular weight excluding hydrogens is 412 g/mol. The molecule has 174 valence electrons. The zero-order valence-corrected chi connectivity index (χ0v) is 20.8. The molecule has 4 unspecified atom stereocenters. The molecule has 0 spiro atoms. The Kier molecular flexibility index (Phi) is 6.52. The van der Waals surface area contributed by atoms with Crippen LogP contribution in [0.1, 0.15) is 85.6 Å². The van der Waals surface area contributed by atoms with E-state index in [2.05, 4.69) is 118 Å². The van der Waals surface area contributed by atoms with Crippen LogP contribution < -0.4 is 5.32 Å². The van der Waals surface area contributed by atoms with Crippen molar-refractivity contribution in [3.63, 3.8) is 0 Å². The van der Waals surface area contributed by atoms with Crippen molar-refractivity contribution >= 4 is 11.8 Å². The first-order chi connectivity index (χ1) is 16.6. The van der Waals surface area contributed by atoms with E-state index >= 15 is 0 Å². The van der Waals surface area contributed by atoms with Crippen LogP contribution in [0.3, 0.4) is 0 Å². The topological polar surface area (TPSA) is 24.4 Å². The van der Waals surface area contributed by atoms with Crippen molar-refractivity contribution in [3.8, 4) is 0 Å². The van der Waals surface area contributed by atoms with Gasteiger partial charge in [-0.05, 0) is 57.2 Å². The number of nitrogens with zero attached hydrogens (tertiary/aromatic N) is 1. The quantitative estimate of drug-likeness (QED) is 0.411. The fourth-order valence-corrected chi connectivity index (χ4v) is 6.01. The molecular formula is C32H36N2. The van der Waals surface area contributed by atoms with Gasteiger partial charge in [0.2, 0.25) is 0 Å². The van der Waals surface area contributed by atoms with Gasteiger partial charge in [0.1, 0.15) is 6.17 Å². The summed E-state index contributed by atoms with van der Waals surface area (Å²) in [6.07, 6.45) is 3.14. The van der Waals surface area contributed by atoms with E-state index in [4.69, 9.17) is 4.99 Å². The molecule has 0 saturated carbocycles. The minimum absolute atomic E-state index is 0.0264. The van der Waals surface area contributed by atoms with Gasteiger partial charge in [-0.1, -0.05) is 107 Å². The highest BCUT2D eigenvalue weighted by molar-refractivity contribution is 5.86. The Labute approximate surface area is 204 Å². The Morgan fingerprint density at radius 1 is 0.794 bits per heavy atom. The van der Waals surface area contributed by atoms with Crippen molar-refractivity contribution in [2.45, 2.75) is 64.0 Å². The lowest BCUT2D eigenvalue weighted by Crippen LogP contribution is -2.36. The lowest BCUT2D eigenvalue weighted by atomic mass is 9.78. The van der Waals surface area contributed by atoms with Crippen LogP contribution >= 0.6 is 0 Å². The monoisotopic (exact) mass is 448 g/mol. The molecule has 0 radical (unpaired) electrons. The van der Waals surface area contributed by atoms with Gasteiger partial charge in [0.15, 0.2) is 0 Å². The molecule has 3 aromatic carbocycles. The third-order valence-corrected chi connectivity index (χ3v) is 7.72. The molecule has 0 saturated heterocycles. The van der Waals surface area contributed by atoms with Crippen molar-refractivity contribution in [1.29, 1.82) is 0 Å². The van der Waals surface area contributed by atoms with E-state index in [9.17, 15) is 0 Å². The second-order valence-electron chi connectivity index (χ2n) is 10.1. The first-order valence-electron chi connectivity index (χ1n) is 12.8. The highest BCUT2D eigenvalue weighted by Crippen LogP contribution is 2.55. The molecule has 5 rings (SSSR count). The largest absolute Gasteiger partial charge is 0.292 e. The van der Waals surface area contributed by atoms with Gasteiger partial charge in [0.05, 0.1) is 0 Å². The molecule has 0 amide bonds. The molecule has 2 aliphatic rings. The standard InChI is InChI=1S/C32H36N2/c1-21(2)26-17-11-18-27-28(22(3)24-13-7-5-8-14-24)31(32-33-19-12-20-34-32)29(30(26)27)23(4)25-15-9-6-10-16-25/h5-11,13-19,21-23,28,32,34H,12,20H2,1-4H3. The molecule has 1 N–H and O–H groups in total. The summed E-state index contributed by atoms with van der Waals surface area (Å²) in [6, 6.07) is 29.0. The lowest BCUT2D eigenvalue weighted by molar-refractivity contribution is 0.524. The summed E-state index contributed by atoms with van der Waals surface area (Å²) in [6.45, 7) is 10.4. The first kappa shape index (κ1) is 22.8. The van der Waals surface area contributed by atoms with Crippen molar-refractivity contribution in [1.82, 2.24) is 5.32 Å². The first-order valence-corrected chi connectivity index (χ1v) is 12.8. The van der Waals surface area contributed by atoms with Crippen LogP contribution in [0.15, 0.2) is 89.4 Å². The maximum Gasteiger partial charge on any atom is 0.122 e. The summed E-state index contributed by atoms with van der Waals surface area (Å²) in [5, 5.41) is 3.76. The van der Waals surface area contributed by atoms with Crippen LogP contribution in [0.2, 0.25) is 0 Å². The lowest BCUT2D eigenvalue weighted by Gasteiger charge is -2.31. The van der Waals surface area contributed by atoms with Gasteiger partial charge in [0, 0.05) is 24.6 Å². The zero-order chi connectivity index (χ0) is 23.7. The zero-order valence-electron chi connectivity index (χ0n) is 20.8. The number of hydrogen-bond acceptors (Lipinski definition) is 2. The Hall–Kier alpha value is -2.97. The van der Waals surface area contributed by atoms with E-state index in [0.29, 0.717) is 23.7 Å². The molecule has 1 heterocycles. The van der Waals surface area contributed by atoms with Crippen LogP contribution in [0.4, 0.5) is 0 Å². The number of hydrogen-bond donors (Lipinski definition) is 1. The normalized spacial score (nSPS) is 21.6. The summed E-state index contributed by atoms with van der Waals surface area (Å²) in [4.78, 5) is 5.03. The number of benzene rings is 3. The minimum Gasteiger partial charge on any atom is -0.292 e. The summed E-state index contributed by atoms with van der Waals surface area (Å²) < 4.78 is 0. The van der Waals surface area contributed by atoms with Gasteiger partial charge in [-0.2, -0.15) is 0 Å². The van der Waals surface area contributed by atoms with E-state index in [0.717, 1.165) is 13.0 Å². The molecule has 2 nitrogen and oxygen atoms in total. The van der Waals surface area contributed by atoms with Crippen LogP contribution in [-0.4, -0.2) is 18.9 Å². The second kappa shape index (κ2) is 9.72. The summed E-state index contributed by atoms with van der Waals surface area (Å²) in [5.41, 5.74) is 10.1. The van der Waals surface area contributed by atoms with Gasteiger partial charge in [-0.25, -0.2) is 0 Å². The SMILES string of the molecule is CC(C)c1cccc2c1C(C(C)c1ccccc1)=C(C1N=CCCN1)C2C(C)c1ccccc1. The molecule has 0 bridgehead atoms. The van der Waals surface area contributed by atoms with Crippen LogP contribution in [0, 0.1) is 0 Å². The maximum atomic E-state index is 5.03. The number of aliphatic imine (C=N–C) groups is 1. The van der Waals surface area contributed by atoms with Crippen molar-refractivity contribution < 1.29 is 0 Å². The molecule has 34 heavy (non-hydrogen) atoms. The van der Waals surface area contributed by atoms with E-state index in [1.165, 1.54) is 39.0 Å². The number of allylic oxidation sites excluding steroid dienone is 1. The predicted molar refractivity (Wildman–Crippen MR) is 145 cm³/mol. The van der Waals surface area contributed by atoms with Gasteiger partial charge >= 0.3 is 0 Å². The third kappa shape index (κ3) is 4.05. The van der Waals surface area contributed by atoms with E-state index in [1.807, 2.05) is 0 Å². The van der Waals surface area contributed by atoms with E-state index < -0.39 is 0 Å².